The lowest BCUT2D eigenvalue weighted by molar-refractivity contribution is -0.138. The molecular weight excluding hydrogens is 267 g/mol. The van der Waals surface area contributed by atoms with E-state index in [1.165, 1.54) is 18.3 Å². The van der Waals surface area contributed by atoms with Gasteiger partial charge in [-0.3, -0.25) is 4.98 Å². The maximum Gasteiger partial charge on any atom is 0.416 e. The number of aryl methyl sites for hydroxylation is 2. The van der Waals surface area contributed by atoms with E-state index < -0.39 is 11.7 Å². The first kappa shape index (κ1) is 14.3. The molecule has 1 heterocycles. The van der Waals surface area contributed by atoms with Gasteiger partial charge in [-0.25, -0.2) is 4.98 Å². The minimum Gasteiger partial charge on any atom is -0.365 e. The number of anilines is 1. The Kier molecular flexibility index (Phi) is 3.92. The van der Waals surface area contributed by atoms with E-state index in [0.717, 1.165) is 17.5 Å². The molecule has 3 nitrogen and oxygen atoms in total. The molecule has 0 radical (unpaired) electrons. The van der Waals surface area contributed by atoms with Crippen LogP contribution in [0.4, 0.5) is 19.0 Å². The maximum atomic E-state index is 12.8. The number of hydrogen-bond acceptors (Lipinski definition) is 3. The topological polar surface area (TPSA) is 37.8 Å². The van der Waals surface area contributed by atoms with Gasteiger partial charge < -0.3 is 5.32 Å². The van der Waals surface area contributed by atoms with Crippen molar-refractivity contribution in [2.75, 3.05) is 5.32 Å². The Morgan fingerprint density at radius 2 is 1.80 bits per heavy atom. The van der Waals surface area contributed by atoms with Gasteiger partial charge in [0.2, 0.25) is 0 Å². The molecule has 0 spiro atoms. The highest BCUT2D eigenvalue weighted by atomic mass is 19.4. The van der Waals surface area contributed by atoms with Crippen molar-refractivity contribution in [1.29, 1.82) is 0 Å². The van der Waals surface area contributed by atoms with Crippen LogP contribution in [0.15, 0.2) is 30.5 Å². The molecule has 0 saturated carbocycles. The van der Waals surface area contributed by atoms with Gasteiger partial charge in [-0.2, -0.15) is 13.2 Å². The van der Waals surface area contributed by atoms with Crippen molar-refractivity contribution >= 4 is 5.82 Å². The molecule has 1 N–H and O–H groups in total. The largest absolute Gasteiger partial charge is 0.416 e. The summed E-state index contributed by atoms with van der Waals surface area (Å²) in [5.74, 6) is 0.463. The molecule has 0 bridgehead atoms. The normalized spacial score (nSPS) is 11.4. The van der Waals surface area contributed by atoms with Gasteiger partial charge in [0, 0.05) is 6.54 Å². The van der Waals surface area contributed by atoms with Crippen LogP contribution in [0.1, 0.15) is 22.5 Å². The molecule has 20 heavy (non-hydrogen) atoms. The summed E-state index contributed by atoms with van der Waals surface area (Å²) in [4.78, 5) is 8.34. The first-order chi connectivity index (χ1) is 9.38. The first-order valence-electron chi connectivity index (χ1n) is 6.07. The Hall–Kier alpha value is -2.11. The molecular formula is C14H14F3N3. The molecule has 0 aliphatic rings. The molecule has 2 rings (SSSR count). The third-order valence-electron chi connectivity index (χ3n) is 2.97. The summed E-state index contributed by atoms with van der Waals surface area (Å²) in [6.45, 7) is 3.68. The summed E-state index contributed by atoms with van der Waals surface area (Å²) in [7, 11) is 0. The van der Waals surface area contributed by atoms with E-state index in [1.807, 2.05) is 6.92 Å². The van der Waals surface area contributed by atoms with Gasteiger partial charge in [-0.1, -0.05) is 18.2 Å². The van der Waals surface area contributed by atoms with Gasteiger partial charge in [-0.15, -0.1) is 0 Å². The summed E-state index contributed by atoms with van der Waals surface area (Å²) >= 11 is 0. The van der Waals surface area contributed by atoms with Crippen LogP contribution in [-0.2, 0) is 12.7 Å². The quantitative estimate of drug-likeness (QED) is 0.931. The van der Waals surface area contributed by atoms with Crippen molar-refractivity contribution in [3.8, 4) is 0 Å². The number of aromatic nitrogens is 2. The van der Waals surface area contributed by atoms with Gasteiger partial charge in [0.1, 0.15) is 5.82 Å². The first-order valence-corrected chi connectivity index (χ1v) is 6.07. The average Bonchev–Trinajstić information content (AvgIpc) is 2.39. The Bertz CT molecular complexity index is 609. The summed E-state index contributed by atoms with van der Waals surface area (Å²) in [5.41, 5.74) is 1.09. The van der Waals surface area contributed by atoms with E-state index in [1.54, 1.807) is 13.0 Å². The standard InChI is InChI=1S/C14H14F3N3/c1-9-10(2)20-13(8-18-9)19-7-11-5-3-4-6-12(11)14(15,16)17/h3-6,8H,7H2,1-2H3,(H,19,20). The second-order valence-corrected chi connectivity index (χ2v) is 4.43. The molecule has 0 aliphatic carbocycles. The molecule has 106 valence electrons. The Morgan fingerprint density at radius 3 is 2.45 bits per heavy atom. The maximum absolute atomic E-state index is 12.8. The van der Waals surface area contributed by atoms with E-state index in [4.69, 9.17) is 0 Å². The molecule has 1 aromatic carbocycles. The number of nitrogens with one attached hydrogen (secondary N) is 1. The van der Waals surface area contributed by atoms with Crippen LogP contribution in [-0.4, -0.2) is 9.97 Å². The molecule has 0 aliphatic heterocycles. The van der Waals surface area contributed by atoms with E-state index >= 15 is 0 Å². The van der Waals surface area contributed by atoms with Crippen molar-refractivity contribution in [2.24, 2.45) is 0 Å². The summed E-state index contributed by atoms with van der Waals surface area (Å²) in [6, 6.07) is 5.48. The second kappa shape index (κ2) is 5.48. The molecule has 6 heteroatoms. The van der Waals surface area contributed by atoms with Crippen molar-refractivity contribution < 1.29 is 13.2 Å². The summed E-state index contributed by atoms with van der Waals surface area (Å²) in [6.07, 6.45) is -2.84. The van der Waals surface area contributed by atoms with Crippen LogP contribution in [0.3, 0.4) is 0 Å². The molecule has 1 aromatic heterocycles. The third kappa shape index (κ3) is 3.26. The lowest BCUT2D eigenvalue weighted by Gasteiger charge is -2.13. The zero-order chi connectivity index (χ0) is 14.8. The minimum absolute atomic E-state index is 0.0485. The van der Waals surface area contributed by atoms with Gasteiger partial charge >= 0.3 is 6.18 Å². The van der Waals surface area contributed by atoms with E-state index in [9.17, 15) is 13.2 Å². The molecule has 2 aromatic rings. The fourth-order valence-electron chi connectivity index (χ4n) is 1.76. The van der Waals surface area contributed by atoms with Crippen LogP contribution in [0.5, 0.6) is 0 Å². The molecule has 0 atom stereocenters. The third-order valence-corrected chi connectivity index (χ3v) is 2.97. The number of hydrogen-bond donors (Lipinski definition) is 1. The SMILES string of the molecule is Cc1ncc(NCc2ccccc2C(F)(F)F)nc1C. The number of benzene rings is 1. The molecule has 0 amide bonds. The van der Waals surface area contributed by atoms with Gasteiger partial charge in [0.05, 0.1) is 23.1 Å². The highest BCUT2D eigenvalue weighted by molar-refractivity contribution is 5.37. The number of halogens is 3. The van der Waals surface area contributed by atoms with Crippen LogP contribution >= 0.6 is 0 Å². The summed E-state index contributed by atoms with van der Waals surface area (Å²) in [5, 5.41) is 2.87. The van der Waals surface area contributed by atoms with Crippen LogP contribution < -0.4 is 5.32 Å². The highest BCUT2D eigenvalue weighted by Gasteiger charge is 2.32. The molecule has 0 unspecified atom stereocenters. The predicted octanol–water partition coefficient (Wildman–Crippen LogP) is 3.72. The van der Waals surface area contributed by atoms with Crippen LogP contribution in [0.25, 0.3) is 0 Å². The fourth-order valence-corrected chi connectivity index (χ4v) is 1.76. The van der Waals surface area contributed by atoms with Crippen LogP contribution in [0.2, 0.25) is 0 Å². The van der Waals surface area contributed by atoms with Crippen LogP contribution in [0, 0.1) is 13.8 Å². The average molecular weight is 281 g/mol. The zero-order valence-corrected chi connectivity index (χ0v) is 11.1. The minimum atomic E-state index is -4.35. The van der Waals surface area contributed by atoms with E-state index in [0.29, 0.717) is 5.82 Å². The van der Waals surface area contributed by atoms with Crippen molar-refractivity contribution in [1.82, 2.24) is 9.97 Å². The summed E-state index contributed by atoms with van der Waals surface area (Å²) < 4.78 is 38.5. The lowest BCUT2D eigenvalue weighted by atomic mass is 10.1. The monoisotopic (exact) mass is 281 g/mol. The number of alkyl halides is 3. The smallest absolute Gasteiger partial charge is 0.365 e. The van der Waals surface area contributed by atoms with Gasteiger partial charge in [0.15, 0.2) is 0 Å². The second-order valence-electron chi connectivity index (χ2n) is 4.43. The molecule has 0 saturated heterocycles. The van der Waals surface area contributed by atoms with Gasteiger partial charge in [-0.05, 0) is 25.5 Å². The van der Waals surface area contributed by atoms with Gasteiger partial charge in [0.25, 0.3) is 0 Å². The van der Waals surface area contributed by atoms with E-state index in [2.05, 4.69) is 15.3 Å². The lowest BCUT2D eigenvalue weighted by Crippen LogP contribution is -2.12. The number of nitrogens with zero attached hydrogens (tertiary/aromatic N) is 2. The highest BCUT2D eigenvalue weighted by Crippen LogP contribution is 2.32. The van der Waals surface area contributed by atoms with E-state index in [-0.39, 0.29) is 12.1 Å². The Morgan fingerprint density at radius 1 is 1.10 bits per heavy atom. The van der Waals surface area contributed by atoms with Crippen molar-refractivity contribution in [3.63, 3.8) is 0 Å². The Balaban J connectivity index is 2.17. The predicted molar refractivity (Wildman–Crippen MR) is 70.3 cm³/mol. The molecule has 0 fully saturated rings. The fraction of sp³-hybridized carbons (Fsp3) is 0.286. The number of rotatable bonds is 3. The zero-order valence-electron chi connectivity index (χ0n) is 11.1. The van der Waals surface area contributed by atoms with Crippen molar-refractivity contribution in [2.45, 2.75) is 26.6 Å². The Labute approximate surface area is 114 Å². The van der Waals surface area contributed by atoms with Crippen molar-refractivity contribution in [3.05, 3.63) is 53.0 Å².